The molecule has 0 radical (unpaired) electrons. The van der Waals surface area contributed by atoms with Crippen LogP contribution in [0.2, 0.25) is 0 Å². The number of ether oxygens (including phenoxy) is 1. The third-order valence-electron chi connectivity index (χ3n) is 4.35. The van der Waals surface area contributed by atoms with Crippen LogP contribution in [0.4, 0.5) is 10.5 Å². The lowest BCUT2D eigenvalue weighted by Crippen LogP contribution is -2.45. The molecule has 2 rings (SSSR count). The molecule has 1 fully saturated rings. The first kappa shape index (κ1) is 20.7. The lowest BCUT2D eigenvalue weighted by molar-refractivity contribution is -0.137. The number of carboxylic acids is 1. The number of carbonyl (C=O) groups excluding carboxylic acids is 2. The molecule has 3 N–H and O–H groups in total. The molecule has 1 aliphatic rings. The molecule has 1 saturated heterocycles. The van der Waals surface area contributed by atoms with E-state index in [2.05, 4.69) is 10.6 Å². The summed E-state index contributed by atoms with van der Waals surface area (Å²) in [5.41, 5.74) is 0.843. The minimum atomic E-state index is -0.896. The monoisotopic (exact) mass is 377 g/mol. The van der Waals surface area contributed by atoms with Gasteiger partial charge in [0.15, 0.2) is 0 Å². The summed E-state index contributed by atoms with van der Waals surface area (Å²) in [6.45, 7) is 5.94. The minimum Gasteiger partial charge on any atom is -0.481 e. The summed E-state index contributed by atoms with van der Waals surface area (Å²) < 4.78 is 5.25. The Balaban J connectivity index is 1.83. The number of anilines is 1. The summed E-state index contributed by atoms with van der Waals surface area (Å²) >= 11 is 0. The Morgan fingerprint density at radius 1 is 1.15 bits per heavy atom. The highest BCUT2D eigenvalue weighted by Gasteiger charge is 2.21. The SMILES string of the molecule is CC(C)(CCC(=O)O)NC(=O)Nc1ccc(CC(=O)N2CCOCC2)cc1. The van der Waals surface area contributed by atoms with E-state index in [4.69, 9.17) is 9.84 Å². The van der Waals surface area contributed by atoms with E-state index in [1.165, 1.54) is 0 Å². The number of urea groups is 1. The van der Waals surface area contributed by atoms with Crippen LogP contribution in [-0.4, -0.2) is 59.8 Å². The average molecular weight is 377 g/mol. The van der Waals surface area contributed by atoms with Gasteiger partial charge in [-0.05, 0) is 38.0 Å². The van der Waals surface area contributed by atoms with Gasteiger partial charge in [0.05, 0.1) is 19.6 Å². The van der Waals surface area contributed by atoms with Crippen molar-refractivity contribution >= 4 is 23.6 Å². The molecule has 0 aromatic heterocycles. The predicted molar refractivity (Wildman–Crippen MR) is 101 cm³/mol. The van der Waals surface area contributed by atoms with Crippen molar-refractivity contribution in [1.82, 2.24) is 10.2 Å². The van der Waals surface area contributed by atoms with Crippen LogP contribution < -0.4 is 10.6 Å². The number of amides is 3. The fourth-order valence-electron chi connectivity index (χ4n) is 2.76. The molecule has 1 aliphatic heterocycles. The second kappa shape index (κ2) is 9.36. The van der Waals surface area contributed by atoms with Crippen LogP contribution in [0.3, 0.4) is 0 Å². The van der Waals surface area contributed by atoms with Gasteiger partial charge in [-0.2, -0.15) is 0 Å². The highest BCUT2D eigenvalue weighted by atomic mass is 16.5. The van der Waals surface area contributed by atoms with Crippen molar-refractivity contribution in [1.29, 1.82) is 0 Å². The molecule has 1 heterocycles. The average Bonchev–Trinajstić information content (AvgIpc) is 2.62. The zero-order valence-corrected chi connectivity index (χ0v) is 15.8. The number of aliphatic carboxylic acids is 1. The molecule has 0 aliphatic carbocycles. The van der Waals surface area contributed by atoms with Gasteiger partial charge in [0.2, 0.25) is 5.91 Å². The number of rotatable bonds is 7. The Hall–Kier alpha value is -2.61. The Morgan fingerprint density at radius 2 is 1.78 bits per heavy atom. The Morgan fingerprint density at radius 3 is 2.37 bits per heavy atom. The number of hydrogen-bond acceptors (Lipinski definition) is 4. The molecule has 1 aromatic carbocycles. The molecule has 148 valence electrons. The van der Waals surface area contributed by atoms with Gasteiger partial charge in [0.1, 0.15) is 0 Å². The van der Waals surface area contributed by atoms with Crippen molar-refractivity contribution in [3.8, 4) is 0 Å². The molecule has 0 bridgehead atoms. The fourth-order valence-corrected chi connectivity index (χ4v) is 2.76. The molecule has 3 amide bonds. The standard InChI is InChI=1S/C19H27N3O5/c1-19(2,8-7-17(24)25)21-18(26)20-15-5-3-14(4-6-15)13-16(23)22-9-11-27-12-10-22/h3-6H,7-13H2,1-2H3,(H,24,25)(H2,20,21,26). The van der Waals surface area contributed by atoms with Gasteiger partial charge < -0.3 is 25.4 Å². The topological polar surface area (TPSA) is 108 Å². The molecule has 1 aromatic rings. The van der Waals surface area contributed by atoms with E-state index < -0.39 is 17.5 Å². The van der Waals surface area contributed by atoms with E-state index >= 15 is 0 Å². The van der Waals surface area contributed by atoms with Crippen LogP contribution in [0.25, 0.3) is 0 Å². The van der Waals surface area contributed by atoms with Gasteiger partial charge >= 0.3 is 12.0 Å². The minimum absolute atomic E-state index is 0.0147. The molecule has 0 spiro atoms. The van der Waals surface area contributed by atoms with Crippen LogP contribution in [0.15, 0.2) is 24.3 Å². The molecule has 27 heavy (non-hydrogen) atoms. The van der Waals surface area contributed by atoms with E-state index in [1.807, 2.05) is 12.1 Å². The lowest BCUT2D eigenvalue weighted by atomic mass is 9.99. The summed E-state index contributed by atoms with van der Waals surface area (Å²) in [5.74, 6) is -0.829. The highest BCUT2D eigenvalue weighted by Crippen LogP contribution is 2.14. The Labute approximate surface area is 158 Å². The van der Waals surface area contributed by atoms with E-state index in [-0.39, 0.29) is 12.3 Å². The van der Waals surface area contributed by atoms with Crippen molar-refractivity contribution in [2.45, 2.75) is 38.6 Å². The van der Waals surface area contributed by atoms with Crippen LogP contribution in [0.1, 0.15) is 32.3 Å². The van der Waals surface area contributed by atoms with Crippen molar-refractivity contribution in [2.75, 3.05) is 31.6 Å². The summed E-state index contributed by atoms with van der Waals surface area (Å²) in [4.78, 5) is 36.8. The lowest BCUT2D eigenvalue weighted by Gasteiger charge is -2.27. The van der Waals surface area contributed by atoms with E-state index in [0.29, 0.717) is 44.8 Å². The third kappa shape index (κ3) is 7.26. The molecular weight excluding hydrogens is 350 g/mol. The van der Waals surface area contributed by atoms with Crippen molar-refractivity contribution < 1.29 is 24.2 Å². The number of nitrogens with zero attached hydrogens (tertiary/aromatic N) is 1. The van der Waals surface area contributed by atoms with E-state index in [0.717, 1.165) is 5.56 Å². The van der Waals surface area contributed by atoms with Crippen molar-refractivity contribution in [3.63, 3.8) is 0 Å². The smallest absolute Gasteiger partial charge is 0.319 e. The quantitative estimate of drug-likeness (QED) is 0.672. The molecule has 0 saturated carbocycles. The van der Waals surface area contributed by atoms with Gasteiger partial charge in [-0.3, -0.25) is 9.59 Å². The summed E-state index contributed by atoms with van der Waals surface area (Å²) in [6.07, 6.45) is 0.631. The molecular formula is C19H27N3O5. The number of hydrogen-bond donors (Lipinski definition) is 3. The second-order valence-corrected chi connectivity index (χ2v) is 7.22. The van der Waals surface area contributed by atoms with Crippen LogP contribution in [-0.2, 0) is 20.7 Å². The van der Waals surface area contributed by atoms with Crippen LogP contribution in [0, 0.1) is 0 Å². The van der Waals surface area contributed by atoms with E-state index in [1.54, 1.807) is 30.9 Å². The van der Waals surface area contributed by atoms with Crippen LogP contribution >= 0.6 is 0 Å². The third-order valence-corrected chi connectivity index (χ3v) is 4.35. The molecule has 8 nitrogen and oxygen atoms in total. The molecule has 0 unspecified atom stereocenters. The zero-order chi connectivity index (χ0) is 19.9. The van der Waals surface area contributed by atoms with Crippen molar-refractivity contribution in [3.05, 3.63) is 29.8 Å². The number of nitrogens with one attached hydrogen (secondary N) is 2. The fraction of sp³-hybridized carbons (Fsp3) is 0.526. The van der Waals surface area contributed by atoms with E-state index in [9.17, 15) is 14.4 Å². The predicted octanol–water partition coefficient (Wildman–Crippen LogP) is 1.85. The maximum Gasteiger partial charge on any atom is 0.319 e. The summed E-state index contributed by atoms with van der Waals surface area (Å²) in [6, 6.07) is 6.70. The second-order valence-electron chi connectivity index (χ2n) is 7.22. The summed E-state index contributed by atoms with van der Waals surface area (Å²) in [7, 11) is 0. The van der Waals surface area contributed by atoms with Crippen molar-refractivity contribution in [2.24, 2.45) is 0 Å². The van der Waals surface area contributed by atoms with Gasteiger partial charge in [0, 0.05) is 30.7 Å². The zero-order valence-electron chi connectivity index (χ0n) is 15.8. The first-order valence-electron chi connectivity index (χ1n) is 9.00. The van der Waals surface area contributed by atoms with Crippen LogP contribution in [0.5, 0.6) is 0 Å². The first-order chi connectivity index (χ1) is 12.7. The first-order valence-corrected chi connectivity index (χ1v) is 9.00. The number of morpholine rings is 1. The maximum absolute atomic E-state index is 12.2. The Kier molecular flexibility index (Phi) is 7.18. The number of benzene rings is 1. The number of carboxylic acid groups (broad SMARTS) is 1. The normalized spacial score (nSPS) is 14.5. The molecule has 0 atom stereocenters. The van der Waals surface area contributed by atoms with Gasteiger partial charge in [0.25, 0.3) is 0 Å². The van der Waals surface area contributed by atoms with Gasteiger partial charge in [-0.15, -0.1) is 0 Å². The van der Waals surface area contributed by atoms with Gasteiger partial charge in [-0.1, -0.05) is 12.1 Å². The summed E-state index contributed by atoms with van der Waals surface area (Å²) in [5, 5.41) is 14.2. The number of carbonyl (C=O) groups is 3. The largest absolute Gasteiger partial charge is 0.481 e. The van der Waals surface area contributed by atoms with Gasteiger partial charge in [-0.25, -0.2) is 4.79 Å². The highest BCUT2D eigenvalue weighted by molar-refractivity contribution is 5.89. The Bertz CT molecular complexity index is 666. The maximum atomic E-state index is 12.2. The molecule has 8 heteroatoms.